The van der Waals surface area contributed by atoms with Crippen molar-refractivity contribution in [3.05, 3.63) is 33.8 Å². The molecule has 5 heteroatoms. The average molecular weight is 289 g/mol. The second-order valence-corrected chi connectivity index (χ2v) is 5.19. The zero-order valence-corrected chi connectivity index (χ0v) is 11.8. The van der Waals surface area contributed by atoms with Gasteiger partial charge in [-0.3, -0.25) is 4.90 Å². The van der Waals surface area contributed by atoms with Gasteiger partial charge in [0.25, 0.3) is 0 Å². The molecule has 2 N–H and O–H groups in total. The summed E-state index contributed by atoms with van der Waals surface area (Å²) in [4.78, 5) is 2.35. The third-order valence-corrected chi connectivity index (χ3v) is 3.92. The maximum Gasteiger partial charge on any atom is 0.0594 e. The molecule has 18 heavy (non-hydrogen) atoms. The van der Waals surface area contributed by atoms with Gasteiger partial charge in [-0.1, -0.05) is 29.3 Å². The fourth-order valence-corrected chi connectivity index (χ4v) is 3.03. The molecule has 1 heterocycles. The minimum Gasteiger partial charge on any atom is -0.379 e. The van der Waals surface area contributed by atoms with Crippen LogP contribution in [0.1, 0.15) is 18.0 Å². The van der Waals surface area contributed by atoms with E-state index >= 15 is 0 Å². The minimum absolute atomic E-state index is 0.181. The van der Waals surface area contributed by atoms with Gasteiger partial charge in [0.15, 0.2) is 0 Å². The van der Waals surface area contributed by atoms with Gasteiger partial charge in [-0.25, -0.2) is 0 Å². The largest absolute Gasteiger partial charge is 0.379 e. The molecule has 1 aromatic rings. The standard InChI is InChI=1S/C13H18Cl2N2O/c14-10-2-1-3-11(15)13(10)12(4-5-16)17-6-8-18-9-7-17/h1-3,12H,4-9,16H2. The molecule has 3 nitrogen and oxygen atoms in total. The summed E-state index contributed by atoms with van der Waals surface area (Å²) in [5.41, 5.74) is 6.72. The highest BCUT2D eigenvalue weighted by Gasteiger charge is 2.25. The number of rotatable bonds is 4. The van der Waals surface area contributed by atoms with Gasteiger partial charge >= 0.3 is 0 Å². The van der Waals surface area contributed by atoms with Crippen LogP contribution in [0.15, 0.2) is 18.2 Å². The zero-order chi connectivity index (χ0) is 13.0. The van der Waals surface area contributed by atoms with E-state index in [0.29, 0.717) is 16.6 Å². The van der Waals surface area contributed by atoms with Gasteiger partial charge < -0.3 is 10.5 Å². The number of morpholine rings is 1. The summed E-state index contributed by atoms with van der Waals surface area (Å²) in [6, 6.07) is 5.81. The Morgan fingerprint density at radius 3 is 2.39 bits per heavy atom. The smallest absolute Gasteiger partial charge is 0.0594 e. The summed E-state index contributed by atoms with van der Waals surface area (Å²) in [6.45, 7) is 3.91. The maximum atomic E-state index is 6.30. The molecule has 0 amide bonds. The normalized spacial score (nSPS) is 18.8. The Labute approximate surface area is 118 Å². The maximum absolute atomic E-state index is 6.30. The van der Waals surface area contributed by atoms with Crippen molar-refractivity contribution in [3.63, 3.8) is 0 Å². The Morgan fingerprint density at radius 2 is 1.83 bits per heavy atom. The van der Waals surface area contributed by atoms with Crippen molar-refractivity contribution in [1.29, 1.82) is 0 Å². The lowest BCUT2D eigenvalue weighted by atomic mass is 10.0. The van der Waals surface area contributed by atoms with Crippen LogP contribution < -0.4 is 5.73 Å². The Hall–Kier alpha value is -0.320. The van der Waals surface area contributed by atoms with E-state index in [1.807, 2.05) is 18.2 Å². The second-order valence-electron chi connectivity index (χ2n) is 4.38. The first-order valence-electron chi connectivity index (χ1n) is 6.20. The van der Waals surface area contributed by atoms with Crippen molar-refractivity contribution in [2.75, 3.05) is 32.8 Å². The molecule has 0 bridgehead atoms. The summed E-state index contributed by atoms with van der Waals surface area (Å²) in [6.07, 6.45) is 0.851. The topological polar surface area (TPSA) is 38.5 Å². The molecule has 0 radical (unpaired) electrons. The monoisotopic (exact) mass is 288 g/mol. The average Bonchev–Trinajstić information content (AvgIpc) is 2.38. The summed E-state index contributed by atoms with van der Waals surface area (Å²) in [5, 5.41) is 1.43. The SMILES string of the molecule is NCCC(c1c(Cl)cccc1Cl)N1CCOCC1. The first-order chi connectivity index (χ1) is 8.74. The number of benzene rings is 1. The predicted molar refractivity (Wildman–Crippen MR) is 75.3 cm³/mol. The summed E-state index contributed by atoms with van der Waals surface area (Å²) in [7, 11) is 0. The van der Waals surface area contributed by atoms with E-state index < -0.39 is 0 Å². The van der Waals surface area contributed by atoms with Crippen molar-refractivity contribution in [2.24, 2.45) is 5.73 Å². The third-order valence-electron chi connectivity index (χ3n) is 3.26. The Kier molecular flexibility index (Phi) is 5.27. The summed E-state index contributed by atoms with van der Waals surface area (Å²) < 4.78 is 5.39. The number of nitrogens with zero attached hydrogens (tertiary/aromatic N) is 1. The molecule has 2 rings (SSSR count). The van der Waals surface area contributed by atoms with E-state index in [-0.39, 0.29) is 6.04 Å². The first-order valence-corrected chi connectivity index (χ1v) is 6.95. The highest BCUT2D eigenvalue weighted by Crippen LogP contribution is 2.35. The second kappa shape index (κ2) is 6.73. The molecule has 1 atom stereocenters. The molecule has 0 aromatic heterocycles. The lowest BCUT2D eigenvalue weighted by Crippen LogP contribution is -2.40. The summed E-state index contributed by atoms with van der Waals surface area (Å²) >= 11 is 12.6. The third kappa shape index (κ3) is 3.16. The number of ether oxygens (including phenoxy) is 1. The van der Waals surface area contributed by atoms with E-state index in [2.05, 4.69) is 4.90 Å². The Balaban J connectivity index is 2.28. The van der Waals surface area contributed by atoms with Gasteiger partial charge in [-0.05, 0) is 25.1 Å². The molecule has 0 aliphatic carbocycles. The molecule has 100 valence electrons. The van der Waals surface area contributed by atoms with Crippen molar-refractivity contribution in [1.82, 2.24) is 4.90 Å². The molecule has 0 spiro atoms. The highest BCUT2D eigenvalue weighted by atomic mass is 35.5. The van der Waals surface area contributed by atoms with Crippen LogP contribution >= 0.6 is 23.2 Å². The minimum atomic E-state index is 0.181. The van der Waals surface area contributed by atoms with Crippen LogP contribution in [-0.4, -0.2) is 37.7 Å². The van der Waals surface area contributed by atoms with Crippen molar-refractivity contribution in [2.45, 2.75) is 12.5 Å². The van der Waals surface area contributed by atoms with E-state index in [0.717, 1.165) is 38.3 Å². The van der Waals surface area contributed by atoms with Crippen LogP contribution in [0, 0.1) is 0 Å². The van der Waals surface area contributed by atoms with Crippen LogP contribution in [-0.2, 0) is 4.74 Å². The van der Waals surface area contributed by atoms with Gasteiger partial charge in [-0.15, -0.1) is 0 Å². The fraction of sp³-hybridized carbons (Fsp3) is 0.538. The molecule has 1 saturated heterocycles. The van der Waals surface area contributed by atoms with Crippen molar-refractivity contribution < 1.29 is 4.74 Å². The molecule has 1 unspecified atom stereocenters. The lowest BCUT2D eigenvalue weighted by Gasteiger charge is -2.35. The van der Waals surface area contributed by atoms with Gasteiger partial charge in [0, 0.05) is 34.7 Å². The van der Waals surface area contributed by atoms with Crippen LogP contribution in [0.4, 0.5) is 0 Å². The van der Waals surface area contributed by atoms with Gasteiger partial charge in [0.1, 0.15) is 0 Å². The molecule has 1 fully saturated rings. The van der Waals surface area contributed by atoms with Crippen molar-refractivity contribution in [3.8, 4) is 0 Å². The molecule has 1 aromatic carbocycles. The number of hydrogen-bond donors (Lipinski definition) is 1. The van der Waals surface area contributed by atoms with Gasteiger partial charge in [0.2, 0.25) is 0 Å². The highest BCUT2D eigenvalue weighted by molar-refractivity contribution is 6.36. The van der Waals surface area contributed by atoms with Crippen LogP contribution in [0.3, 0.4) is 0 Å². The Morgan fingerprint density at radius 1 is 1.22 bits per heavy atom. The lowest BCUT2D eigenvalue weighted by molar-refractivity contribution is 0.0148. The van der Waals surface area contributed by atoms with E-state index in [4.69, 9.17) is 33.7 Å². The predicted octanol–water partition coefficient (Wildman–Crippen LogP) is 2.72. The fourth-order valence-electron chi connectivity index (χ4n) is 2.39. The van der Waals surface area contributed by atoms with Gasteiger partial charge in [0.05, 0.1) is 13.2 Å². The number of nitrogens with two attached hydrogens (primary N) is 1. The van der Waals surface area contributed by atoms with Crippen molar-refractivity contribution >= 4 is 23.2 Å². The van der Waals surface area contributed by atoms with E-state index in [1.165, 1.54) is 0 Å². The molecular weight excluding hydrogens is 271 g/mol. The number of hydrogen-bond acceptors (Lipinski definition) is 3. The van der Waals surface area contributed by atoms with E-state index in [9.17, 15) is 0 Å². The Bertz CT molecular complexity index is 374. The van der Waals surface area contributed by atoms with Crippen LogP contribution in [0.25, 0.3) is 0 Å². The quantitative estimate of drug-likeness (QED) is 0.926. The molecule has 1 aliphatic rings. The first kappa shape index (κ1) is 14.1. The van der Waals surface area contributed by atoms with Crippen LogP contribution in [0.5, 0.6) is 0 Å². The number of halogens is 2. The van der Waals surface area contributed by atoms with E-state index in [1.54, 1.807) is 0 Å². The summed E-state index contributed by atoms with van der Waals surface area (Å²) in [5.74, 6) is 0. The zero-order valence-electron chi connectivity index (χ0n) is 10.2. The van der Waals surface area contributed by atoms with Gasteiger partial charge in [-0.2, -0.15) is 0 Å². The molecule has 0 saturated carbocycles. The van der Waals surface area contributed by atoms with Crippen LogP contribution in [0.2, 0.25) is 10.0 Å². The molecular formula is C13H18Cl2N2O. The molecule has 1 aliphatic heterocycles.